The van der Waals surface area contributed by atoms with Crippen LogP contribution in [0.2, 0.25) is 10.0 Å². The van der Waals surface area contributed by atoms with Crippen molar-refractivity contribution in [3.63, 3.8) is 0 Å². The highest BCUT2D eigenvalue weighted by Crippen LogP contribution is 2.33. The minimum atomic E-state index is -0.414. The second-order valence-corrected chi connectivity index (χ2v) is 9.44. The van der Waals surface area contributed by atoms with E-state index in [-0.39, 0.29) is 11.7 Å². The van der Waals surface area contributed by atoms with Crippen LogP contribution >= 0.6 is 23.2 Å². The SMILES string of the molecule is NCc1ccc(-c2cccc3c2[nH]c(=O)n3C2CCCCN2C(=O)Nc2ccc(Cl)c(Cl)c2)cc1. The number of hydrogen-bond acceptors (Lipinski definition) is 3. The van der Waals surface area contributed by atoms with Crippen LogP contribution in [0.5, 0.6) is 0 Å². The minimum Gasteiger partial charge on any atom is -0.326 e. The summed E-state index contributed by atoms with van der Waals surface area (Å²) in [5, 5.41) is 3.67. The van der Waals surface area contributed by atoms with Crippen molar-refractivity contribution in [2.45, 2.75) is 32.0 Å². The monoisotopic (exact) mass is 509 g/mol. The van der Waals surface area contributed by atoms with Crippen molar-refractivity contribution < 1.29 is 4.79 Å². The van der Waals surface area contributed by atoms with Crippen LogP contribution in [0.3, 0.4) is 0 Å². The summed E-state index contributed by atoms with van der Waals surface area (Å²) in [7, 11) is 0. The zero-order chi connectivity index (χ0) is 24.5. The number of imidazole rings is 1. The number of benzene rings is 3. The summed E-state index contributed by atoms with van der Waals surface area (Å²) in [6, 6.07) is 18.5. The molecule has 0 bridgehead atoms. The summed E-state index contributed by atoms with van der Waals surface area (Å²) < 4.78 is 1.70. The number of nitrogens with zero attached hydrogens (tertiary/aromatic N) is 2. The molecular weight excluding hydrogens is 485 g/mol. The van der Waals surface area contributed by atoms with E-state index in [1.54, 1.807) is 27.7 Å². The fourth-order valence-corrected chi connectivity index (χ4v) is 4.99. The second kappa shape index (κ2) is 9.77. The van der Waals surface area contributed by atoms with E-state index < -0.39 is 6.17 Å². The van der Waals surface area contributed by atoms with Crippen molar-refractivity contribution in [2.24, 2.45) is 5.73 Å². The molecule has 0 saturated carbocycles. The van der Waals surface area contributed by atoms with Gasteiger partial charge in [0.15, 0.2) is 0 Å². The van der Waals surface area contributed by atoms with Gasteiger partial charge in [-0.3, -0.25) is 4.57 Å². The average molecular weight is 510 g/mol. The molecule has 35 heavy (non-hydrogen) atoms. The number of urea groups is 1. The van der Waals surface area contributed by atoms with E-state index in [1.807, 2.05) is 42.5 Å². The highest BCUT2D eigenvalue weighted by atomic mass is 35.5. The number of amides is 2. The number of anilines is 1. The summed E-state index contributed by atoms with van der Waals surface area (Å²) in [6.45, 7) is 1.01. The van der Waals surface area contributed by atoms with Crippen LogP contribution in [0, 0.1) is 0 Å². The summed E-state index contributed by atoms with van der Waals surface area (Å²) >= 11 is 12.1. The van der Waals surface area contributed by atoms with Gasteiger partial charge in [0.1, 0.15) is 6.17 Å². The lowest BCUT2D eigenvalue weighted by Crippen LogP contribution is -2.45. The highest BCUT2D eigenvalue weighted by Gasteiger charge is 2.31. The average Bonchev–Trinajstić information content (AvgIpc) is 3.22. The third kappa shape index (κ3) is 4.55. The number of nitrogens with two attached hydrogens (primary N) is 1. The molecule has 4 aromatic rings. The van der Waals surface area contributed by atoms with Gasteiger partial charge in [0.25, 0.3) is 0 Å². The van der Waals surface area contributed by atoms with Crippen molar-refractivity contribution >= 4 is 46.0 Å². The third-order valence-electron chi connectivity index (χ3n) is 6.45. The molecule has 5 rings (SSSR count). The highest BCUT2D eigenvalue weighted by molar-refractivity contribution is 6.42. The first-order valence-electron chi connectivity index (χ1n) is 11.5. The molecule has 2 heterocycles. The first-order chi connectivity index (χ1) is 17.0. The van der Waals surface area contributed by atoms with Crippen molar-refractivity contribution in [1.82, 2.24) is 14.5 Å². The first kappa shape index (κ1) is 23.5. The van der Waals surface area contributed by atoms with E-state index >= 15 is 0 Å². The maximum Gasteiger partial charge on any atom is 0.328 e. The number of para-hydroxylation sites is 1. The molecule has 0 aliphatic carbocycles. The Kier molecular flexibility index (Phi) is 6.56. The molecule has 0 radical (unpaired) electrons. The quantitative estimate of drug-likeness (QED) is 0.315. The first-order valence-corrected chi connectivity index (χ1v) is 12.3. The van der Waals surface area contributed by atoms with Crippen LogP contribution in [-0.4, -0.2) is 27.0 Å². The normalized spacial score (nSPS) is 16.0. The molecule has 3 aromatic carbocycles. The Bertz CT molecular complexity index is 1440. The lowest BCUT2D eigenvalue weighted by atomic mass is 10.0. The van der Waals surface area contributed by atoms with Crippen molar-refractivity contribution in [1.29, 1.82) is 0 Å². The molecule has 9 heteroatoms. The number of likely N-dealkylation sites (tertiary alicyclic amines) is 1. The molecule has 1 fully saturated rings. The second-order valence-electron chi connectivity index (χ2n) is 8.63. The van der Waals surface area contributed by atoms with E-state index in [0.717, 1.165) is 40.6 Å². The number of carbonyl (C=O) groups excluding carboxylic acids is 1. The predicted octanol–water partition coefficient (Wildman–Crippen LogP) is 5.98. The smallest absolute Gasteiger partial charge is 0.326 e. The van der Waals surface area contributed by atoms with Crippen LogP contribution < -0.4 is 16.7 Å². The molecule has 4 N–H and O–H groups in total. The number of halogens is 2. The van der Waals surface area contributed by atoms with Gasteiger partial charge < -0.3 is 20.9 Å². The number of aromatic nitrogens is 2. The maximum atomic E-state index is 13.3. The van der Waals surface area contributed by atoms with Gasteiger partial charge in [-0.1, -0.05) is 59.6 Å². The lowest BCUT2D eigenvalue weighted by Gasteiger charge is -2.36. The van der Waals surface area contributed by atoms with Crippen molar-refractivity contribution in [3.05, 3.63) is 86.8 Å². The Morgan fingerprint density at radius 2 is 1.86 bits per heavy atom. The van der Waals surface area contributed by atoms with Gasteiger partial charge >= 0.3 is 11.7 Å². The number of H-pyrrole nitrogens is 1. The van der Waals surface area contributed by atoms with Gasteiger partial charge in [0.05, 0.1) is 21.1 Å². The summed E-state index contributed by atoms with van der Waals surface area (Å²) in [6.07, 6.45) is 2.04. The van der Waals surface area contributed by atoms with E-state index in [9.17, 15) is 9.59 Å². The fourth-order valence-electron chi connectivity index (χ4n) is 4.69. The molecule has 1 aliphatic rings. The van der Waals surface area contributed by atoms with Gasteiger partial charge in [-0.15, -0.1) is 0 Å². The van der Waals surface area contributed by atoms with Crippen molar-refractivity contribution in [2.75, 3.05) is 11.9 Å². The van der Waals surface area contributed by atoms with Gasteiger partial charge in [0.2, 0.25) is 0 Å². The van der Waals surface area contributed by atoms with Crippen LogP contribution in [0.25, 0.3) is 22.2 Å². The van der Waals surface area contributed by atoms with Crippen LogP contribution in [0.15, 0.2) is 65.5 Å². The molecule has 1 atom stereocenters. The Balaban J connectivity index is 1.51. The molecule has 1 aromatic heterocycles. The number of carbonyl (C=O) groups is 1. The van der Waals surface area contributed by atoms with Gasteiger partial charge in [-0.25, -0.2) is 9.59 Å². The molecular formula is C26H25Cl2N5O2. The lowest BCUT2D eigenvalue weighted by molar-refractivity contribution is 0.126. The number of piperidine rings is 1. The molecule has 180 valence electrons. The largest absolute Gasteiger partial charge is 0.328 e. The Hall–Kier alpha value is -3.26. The Morgan fingerprint density at radius 3 is 2.60 bits per heavy atom. The zero-order valence-corrected chi connectivity index (χ0v) is 20.4. The van der Waals surface area contributed by atoms with Crippen molar-refractivity contribution in [3.8, 4) is 11.1 Å². The standard InChI is InChI=1S/C26H25Cl2N5O2/c27-20-12-11-18(14-21(20)28)30-25(34)32-13-2-1-6-23(32)33-22-5-3-4-19(24(22)31-26(33)35)17-9-7-16(15-29)8-10-17/h3-5,7-12,14,23H,1-2,6,13,15,29H2,(H,30,34)(H,31,35). The topological polar surface area (TPSA) is 96.2 Å². The molecule has 2 amide bonds. The van der Waals surface area contributed by atoms with Crippen LogP contribution in [0.4, 0.5) is 10.5 Å². The number of nitrogens with one attached hydrogen (secondary N) is 2. The zero-order valence-electron chi connectivity index (χ0n) is 18.9. The fraction of sp³-hybridized carbons (Fsp3) is 0.231. The summed E-state index contributed by atoms with van der Waals surface area (Å²) in [4.78, 5) is 31.2. The van der Waals surface area contributed by atoms with Gasteiger partial charge in [-0.05, 0) is 54.7 Å². The predicted molar refractivity (Wildman–Crippen MR) is 141 cm³/mol. The van der Waals surface area contributed by atoms with Gasteiger partial charge in [-0.2, -0.15) is 0 Å². The Morgan fingerprint density at radius 1 is 1.06 bits per heavy atom. The summed E-state index contributed by atoms with van der Waals surface area (Å²) in [5.74, 6) is 0. The number of aromatic amines is 1. The Labute approximate surface area is 212 Å². The third-order valence-corrected chi connectivity index (χ3v) is 7.19. The molecule has 1 aliphatic heterocycles. The number of rotatable bonds is 4. The van der Waals surface area contributed by atoms with Gasteiger partial charge in [0, 0.05) is 24.3 Å². The minimum absolute atomic E-state index is 0.245. The van der Waals surface area contributed by atoms with Crippen LogP contribution in [0.1, 0.15) is 31.0 Å². The van der Waals surface area contributed by atoms with E-state index in [0.29, 0.717) is 35.2 Å². The van der Waals surface area contributed by atoms with E-state index in [4.69, 9.17) is 28.9 Å². The molecule has 1 unspecified atom stereocenters. The molecule has 0 spiro atoms. The number of fused-ring (bicyclic) bond motifs is 1. The van der Waals surface area contributed by atoms with Crippen LogP contribution in [-0.2, 0) is 6.54 Å². The summed E-state index contributed by atoms with van der Waals surface area (Å²) in [5.41, 5.74) is 10.5. The molecule has 1 saturated heterocycles. The maximum absolute atomic E-state index is 13.3. The van der Waals surface area contributed by atoms with E-state index in [2.05, 4.69) is 10.3 Å². The number of hydrogen-bond donors (Lipinski definition) is 3. The molecule has 7 nitrogen and oxygen atoms in total. The van der Waals surface area contributed by atoms with E-state index in [1.165, 1.54) is 0 Å².